The van der Waals surface area contributed by atoms with Crippen LogP contribution in [-0.4, -0.2) is 28.8 Å². The molecule has 0 saturated carbocycles. The first-order chi connectivity index (χ1) is 14.0. The number of nitrogens with one attached hydrogen (secondary N) is 1. The quantitative estimate of drug-likeness (QED) is 0.518. The first-order valence-corrected chi connectivity index (χ1v) is 10.3. The van der Waals surface area contributed by atoms with Crippen molar-refractivity contribution in [2.75, 3.05) is 7.11 Å². The molecule has 1 aromatic carbocycles. The molecule has 3 aromatic rings. The van der Waals surface area contributed by atoms with Crippen LogP contribution < -0.4 is 15.7 Å². The van der Waals surface area contributed by atoms with Gasteiger partial charge in [0.05, 0.1) is 25.0 Å². The van der Waals surface area contributed by atoms with E-state index in [0.29, 0.717) is 11.3 Å². The molecule has 4 rings (SSSR count). The monoisotopic (exact) mass is 410 g/mol. The molecule has 7 nitrogen and oxygen atoms in total. The number of hydrazone groups is 1. The molecular weight excluding hydrogens is 388 g/mol. The molecule has 1 aliphatic rings. The van der Waals surface area contributed by atoms with Crippen molar-refractivity contribution in [3.8, 4) is 5.75 Å². The molecule has 0 aliphatic heterocycles. The highest BCUT2D eigenvalue weighted by atomic mass is 32.1. The molecule has 1 amide bonds. The second kappa shape index (κ2) is 8.16. The second-order valence-corrected chi connectivity index (χ2v) is 8.36. The molecule has 8 heteroatoms. The van der Waals surface area contributed by atoms with Gasteiger partial charge in [-0.2, -0.15) is 5.10 Å². The van der Waals surface area contributed by atoms with Crippen LogP contribution in [0.15, 0.2) is 40.5 Å². The number of aromatic nitrogens is 2. The molecule has 1 atom stereocenters. The minimum absolute atomic E-state index is 0.122. The van der Waals surface area contributed by atoms with Gasteiger partial charge < -0.3 is 4.74 Å². The average molecular weight is 410 g/mol. The SMILES string of the molecule is COc1ccc(C=NNC(=O)Cn2cnc3sc4c(c3c2=O)CC[C@@H](C)C4)cc1. The maximum absolute atomic E-state index is 12.9. The molecule has 1 N–H and O–H groups in total. The smallest absolute Gasteiger partial charge is 0.262 e. The van der Waals surface area contributed by atoms with E-state index in [0.717, 1.165) is 41.0 Å². The van der Waals surface area contributed by atoms with E-state index in [2.05, 4.69) is 22.4 Å². The van der Waals surface area contributed by atoms with E-state index in [1.807, 2.05) is 24.3 Å². The van der Waals surface area contributed by atoms with Crippen molar-refractivity contribution in [1.29, 1.82) is 0 Å². The van der Waals surface area contributed by atoms with Gasteiger partial charge in [-0.15, -0.1) is 11.3 Å². The lowest BCUT2D eigenvalue weighted by atomic mass is 9.89. The van der Waals surface area contributed by atoms with Crippen molar-refractivity contribution in [2.45, 2.75) is 32.7 Å². The van der Waals surface area contributed by atoms with E-state index in [1.54, 1.807) is 18.4 Å². The van der Waals surface area contributed by atoms with E-state index in [-0.39, 0.29) is 18.0 Å². The third kappa shape index (κ3) is 4.07. The standard InChI is InChI=1S/C21H22N4O3S/c1-13-3-8-16-17(9-13)29-20-19(16)21(27)25(12-22-20)11-18(26)24-23-10-14-4-6-15(28-2)7-5-14/h4-7,10,12-13H,3,8-9,11H2,1-2H3,(H,24,26)/t13-/m1/s1. The lowest BCUT2D eigenvalue weighted by molar-refractivity contribution is -0.121. The maximum Gasteiger partial charge on any atom is 0.262 e. The van der Waals surface area contributed by atoms with Crippen molar-refractivity contribution in [2.24, 2.45) is 11.0 Å². The number of fused-ring (bicyclic) bond motifs is 3. The molecule has 0 spiro atoms. The zero-order valence-corrected chi connectivity index (χ0v) is 17.2. The van der Waals surface area contributed by atoms with E-state index >= 15 is 0 Å². The fourth-order valence-electron chi connectivity index (χ4n) is 3.54. The lowest BCUT2D eigenvalue weighted by Crippen LogP contribution is -2.30. The van der Waals surface area contributed by atoms with E-state index in [1.165, 1.54) is 22.0 Å². The first-order valence-electron chi connectivity index (χ1n) is 9.51. The summed E-state index contributed by atoms with van der Waals surface area (Å²) in [5, 5.41) is 4.63. The Morgan fingerprint density at radius 3 is 2.97 bits per heavy atom. The van der Waals surface area contributed by atoms with Crippen LogP contribution in [0.2, 0.25) is 0 Å². The van der Waals surface area contributed by atoms with Gasteiger partial charge in [0.1, 0.15) is 17.1 Å². The third-order valence-corrected chi connectivity index (χ3v) is 6.28. The second-order valence-electron chi connectivity index (χ2n) is 7.28. The van der Waals surface area contributed by atoms with Gasteiger partial charge in [-0.1, -0.05) is 6.92 Å². The number of hydrogen-bond acceptors (Lipinski definition) is 6. The normalized spacial score (nSPS) is 16.1. The fourth-order valence-corrected chi connectivity index (χ4v) is 4.88. The topological polar surface area (TPSA) is 85.6 Å². The summed E-state index contributed by atoms with van der Waals surface area (Å²) in [7, 11) is 1.60. The lowest BCUT2D eigenvalue weighted by Gasteiger charge is -2.17. The summed E-state index contributed by atoms with van der Waals surface area (Å²) in [6.45, 7) is 2.11. The summed E-state index contributed by atoms with van der Waals surface area (Å²) < 4.78 is 6.45. The molecule has 2 heterocycles. The molecule has 0 bridgehead atoms. The molecule has 0 saturated heterocycles. The van der Waals surface area contributed by atoms with Gasteiger partial charge in [0.25, 0.3) is 11.5 Å². The summed E-state index contributed by atoms with van der Waals surface area (Å²) in [6, 6.07) is 7.28. The predicted molar refractivity (Wildman–Crippen MR) is 114 cm³/mol. The van der Waals surface area contributed by atoms with Crippen LogP contribution >= 0.6 is 11.3 Å². The summed E-state index contributed by atoms with van der Waals surface area (Å²) in [6.07, 6.45) is 5.96. The molecule has 150 valence electrons. The van der Waals surface area contributed by atoms with Crippen LogP contribution in [0, 0.1) is 5.92 Å². The molecule has 1 aliphatic carbocycles. The van der Waals surface area contributed by atoms with Crippen molar-refractivity contribution in [3.05, 3.63) is 57.0 Å². The highest BCUT2D eigenvalue weighted by molar-refractivity contribution is 7.18. The maximum atomic E-state index is 12.9. The number of nitrogens with zero attached hydrogens (tertiary/aromatic N) is 3. The Morgan fingerprint density at radius 1 is 1.41 bits per heavy atom. The van der Waals surface area contributed by atoms with Crippen molar-refractivity contribution in [3.63, 3.8) is 0 Å². The molecular formula is C21H22N4O3S. The number of thiophene rings is 1. The first kappa shape index (κ1) is 19.3. The van der Waals surface area contributed by atoms with Gasteiger partial charge >= 0.3 is 0 Å². The van der Waals surface area contributed by atoms with Crippen LogP contribution in [0.1, 0.15) is 29.3 Å². The van der Waals surface area contributed by atoms with Gasteiger partial charge in [-0.3, -0.25) is 14.2 Å². The van der Waals surface area contributed by atoms with Gasteiger partial charge in [-0.25, -0.2) is 10.4 Å². The number of ether oxygens (including phenoxy) is 1. The van der Waals surface area contributed by atoms with Gasteiger partial charge in [0.15, 0.2) is 0 Å². The third-order valence-electron chi connectivity index (χ3n) is 5.11. The van der Waals surface area contributed by atoms with Gasteiger partial charge in [-0.05, 0) is 60.6 Å². The van der Waals surface area contributed by atoms with Crippen LogP contribution in [0.25, 0.3) is 10.2 Å². The largest absolute Gasteiger partial charge is 0.497 e. The molecule has 0 radical (unpaired) electrons. The minimum Gasteiger partial charge on any atom is -0.497 e. The van der Waals surface area contributed by atoms with E-state index < -0.39 is 0 Å². The highest BCUT2D eigenvalue weighted by Gasteiger charge is 2.23. The summed E-state index contributed by atoms with van der Waals surface area (Å²) in [4.78, 5) is 31.6. The van der Waals surface area contributed by atoms with E-state index in [9.17, 15) is 9.59 Å². The van der Waals surface area contributed by atoms with Crippen LogP contribution in [0.5, 0.6) is 5.75 Å². The van der Waals surface area contributed by atoms with Crippen molar-refractivity contribution in [1.82, 2.24) is 15.0 Å². The minimum atomic E-state index is -0.379. The Bertz CT molecular complexity index is 1130. The molecule has 2 aromatic heterocycles. The molecule has 0 fully saturated rings. The number of rotatable bonds is 5. The average Bonchev–Trinajstić information content (AvgIpc) is 3.09. The number of methoxy groups -OCH3 is 1. The van der Waals surface area contributed by atoms with Crippen LogP contribution in [0.3, 0.4) is 0 Å². The predicted octanol–water partition coefficient (Wildman–Crippen LogP) is 2.74. The number of aryl methyl sites for hydroxylation is 1. The Morgan fingerprint density at radius 2 is 2.21 bits per heavy atom. The van der Waals surface area contributed by atoms with Gasteiger partial charge in [0, 0.05) is 4.88 Å². The Labute approximate surface area is 172 Å². The zero-order chi connectivity index (χ0) is 20.4. The van der Waals surface area contributed by atoms with Crippen molar-refractivity contribution < 1.29 is 9.53 Å². The summed E-state index contributed by atoms with van der Waals surface area (Å²) in [5.41, 5.74) is 4.25. The summed E-state index contributed by atoms with van der Waals surface area (Å²) in [5.74, 6) is 1.00. The van der Waals surface area contributed by atoms with Gasteiger partial charge in [0.2, 0.25) is 0 Å². The Balaban J connectivity index is 1.47. The zero-order valence-electron chi connectivity index (χ0n) is 16.3. The van der Waals surface area contributed by atoms with E-state index in [4.69, 9.17) is 4.74 Å². The number of carbonyl (C=O) groups excluding carboxylic acids is 1. The molecule has 29 heavy (non-hydrogen) atoms. The summed E-state index contributed by atoms with van der Waals surface area (Å²) >= 11 is 1.60. The van der Waals surface area contributed by atoms with Crippen LogP contribution in [0.4, 0.5) is 0 Å². The fraction of sp³-hybridized carbons (Fsp3) is 0.333. The number of benzene rings is 1. The van der Waals surface area contributed by atoms with Crippen molar-refractivity contribution >= 4 is 33.7 Å². The van der Waals surface area contributed by atoms with Crippen LogP contribution in [-0.2, 0) is 24.2 Å². The molecule has 0 unspecified atom stereocenters. The number of carbonyl (C=O) groups is 1. The number of amides is 1. The highest BCUT2D eigenvalue weighted by Crippen LogP contribution is 2.35. The number of hydrogen-bond donors (Lipinski definition) is 1. The Kier molecular flexibility index (Phi) is 5.44. The Hall–Kier alpha value is -3.00.